The predicted octanol–water partition coefficient (Wildman–Crippen LogP) is 1.88. The second kappa shape index (κ2) is 6.83. The van der Waals surface area contributed by atoms with Crippen LogP contribution in [0, 0.1) is 5.41 Å². The molecule has 0 saturated heterocycles. The number of rotatable bonds is 7. The van der Waals surface area contributed by atoms with Gasteiger partial charge in [-0.25, -0.2) is 0 Å². The molecule has 3 heteroatoms. The third kappa shape index (κ3) is 5.17. The van der Waals surface area contributed by atoms with Crippen molar-refractivity contribution in [3.05, 3.63) is 0 Å². The first-order valence-electron chi connectivity index (χ1n) is 5.98. The van der Waals surface area contributed by atoms with E-state index >= 15 is 0 Å². The molecule has 0 fully saturated rings. The number of carbonyl (C=O) groups is 1. The summed E-state index contributed by atoms with van der Waals surface area (Å²) in [4.78, 5) is 14.0. The highest BCUT2D eigenvalue weighted by Gasteiger charge is 2.24. The molecule has 0 saturated carbocycles. The maximum absolute atomic E-state index is 11.7. The van der Waals surface area contributed by atoms with Crippen molar-refractivity contribution in [3.8, 4) is 0 Å². The highest BCUT2D eigenvalue weighted by molar-refractivity contribution is 5.81. The van der Waals surface area contributed by atoms with E-state index in [0.29, 0.717) is 0 Å². The summed E-state index contributed by atoms with van der Waals surface area (Å²) in [6.07, 6.45) is 0.879. The summed E-state index contributed by atoms with van der Waals surface area (Å²) in [6, 6.07) is 0. The highest BCUT2D eigenvalue weighted by Crippen LogP contribution is 2.18. The van der Waals surface area contributed by atoms with Gasteiger partial charge in [0.1, 0.15) is 0 Å². The maximum atomic E-state index is 11.7. The number of likely N-dealkylation sites (N-methyl/N-ethyl adjacent to an activating group) is 1. The summed E-state index contributed by atoms with van der Waals surface area (Å²) in [5.41, 5.74) is -0.233. The molecule has 0 aliphatic heterocycles. The lowest BCUT2D eigenvalue weighted by molar-refractivity contribution is -0.129. The maximum Gasteiger partial charge on any atom is 0.225 e. The van der Waals surface area contributed by atoms with Gasteiger partial charge in [-0.3, -0.25) is 4.79 Å². The third-order valence-electron chi connectivity index (χ3n) is 3.11. The Kier molecular flexibility index (Phi) is 6.57. The molecule has 0 aliphatic rings. The standard InChI is InChI=1S/C12H26N2O/c1-6-12(4,5)11(15)13-9-10-14(7-2)8-3/h6-10H2,1-5H3,(H,13,15). The van der Waals surface area contributed by atoms with E-state index in [4.69, 9.17) is 0 Å². The van der Waals surface area contributed by atoms with Crippen molar-refractivity contribution in [2.45, 2.75) is 41.0 Å². The highest BCUT2D eigenvalue weighted by atomic mass is 16.2. The Hall–Kier alpha value is -0.570. The molecule has 0 aliphatic carbocycles. The van der Waals surface area contributed by atoms with Crippen molar-refractivity contribution in [1.29, 1.82) is 0 Å². The van der Waals surface area contributed by atoms with Crippen molar-refractivity contribution < 1.29 is 4.79 Å². The number of amides is 1. The first-order valence-corrected chi connectivity index (χ1v) is 5.98. The van der Waals surface area contributed by atoms with Gasteiger partial charge in [-0.1, -0.05) is 34.6 Å². The Morgan fingerprint density at radius 3 is 2.13 bits per heavy atom. The average Bonchev–Trinajstić information content (AvgIpc) is 2.24. The number of carbonyl (C=O) groups excluding carboxylic acids is 1. The van der Waals surface area contributed by atoms with Gasteiger partial charge in [-0.05, 0) is 19.5 Å². The van der Waals surface area contributed by atoms with E-state index < -0.39 is 0 Å². The van der Waals surface area contributed by atoms with Gasteiger partial charge in [0.15, 0.2) is 0 Å². The van der Waals surface area contributed by atoms with Crippen LogP contribution in [-0.2, 0) is 4.79 Å². The summed E-state index contributed by atoms with van der Waals surface area (Å²) in [5.74, 6) is 0.164. The van der Waals surface area contributed by atoms with Crippen LogP contribution in [0.2, 0.25) is 0 Å². The van der Waals surface area contributed by atoms with Crippen LogP contribution in [0.25, 0.3) is 0 Å². The van der Waals surface area contributed by atoms with Crippen molar-refractivity contribution >= 4 is 5.91 Å². The van der Waals surface area contributed by atoms with E-state index in [1.165, 1.54) is 0 Å². The van der Waals surface area contributed by atoms with Gasteiger partial charge in [0.05, 0.1) is 0 Å². The molecular weight excluding hydrogens is 188 g/mol. The Morgan fingerprint density at radius 2 is 1.73 bits per heavy atom. The summed E-state index contributed by atoms with van der Waals surface area (Å²) in [6.45, 7) is 14.1. The Morgan fingerprint density at radius 1 is 1.20 bits per heavy atom. The minimum Gasteiger partial charge on any atom is -0.354 e. The first kappa shape index (κ1) is 14.4. The van der Waals surface area contributed by atoms with E-state index in [9.17, 15) is 4.79 Å². The monoisotopic (exact) mass is 214 g/mol. The number of hydrogen-bond acceptors (Lipinski definition) is 2. The molecular formula is C12H26N2O. The fourth-order valence-corrected chi connectivity index (χ4v) is 1.27. The quantitative estimate of drug-likeness (QED) is 0.702. The van der Waals surface area contributed by atoms with Gasteiger partial charge in [0.25, 0.3) is 0 Å². The fourth-order valence-electron chi connectivity index (χ4n) is 1.27. The van der Waals surface area contributed by atoms with Crippen molar-refractivity contribution in [2.24, 2.45) is 5.41 Å². The molecule has 0 unspecified atom stereocenters. The molecule has 0 heterocycles. The van der Waals surface area contributed by atoms with Gasteiger partial charge in [0.2, 0.25) is 5.91 Å². The number of nitrogens with one attached hydrogen (secondary N) is 1. The van der Waals surface area contributed by atoms with Crippen LogP contribution >= 0.6 is 0 Å². The van der Waals surface area contributed by atoms with Crippen LogP contribution in [-0.4, -0.2) is 37.0 Å². The molecule has 0 bridgehead atoms. The molecule has 1 N–H and O–H groups in total. The van der Waals surface area contributed by atoms with Gasteiger partial charge in [0, 0.05) is 18.5 Å². The van der Waals surface area contributed by atoms with E-state index in [1.807, 2.05) is 20.8 Å². The summed E-state index contributed by atoms with van der Waals surface area (Å²) >= 11 is 0. The van der Waals surface area contributed by atoms with Crippen LogP contribution in [0.5, 0.6) is 0 Å². The van der Waals surface area contributed by atoms with Gasteiger partial charge >= 0.3 is 0 Å². The van der Waals surface area contributed by atoms with E-state index in [0.717, 1.165) is 32.6 Å². The zero-order chi connectivity index (χ0) is 11.9. The molecule has 90 valence electrons. The second-order valence-electron chi connectivity index (χ2n) is 4.52. The summed E-state index contributed by atoms with van der Waals surface area (Å²) < 4.78 is 0. The van der Waals surface area contributed by atoms with Crippen LogP contribution < -0.4 is 5.32 Å². The van der Waals surface area contributed by atoms with Gasteiger partial charge in [-0.15, -0.1) is 0 Å². The first-order chi connectivity index (χ1) is 6.97. The lowest BCUT2D eigenvalue weighted by Crippen LogP contribution is -2.40. The number of nitrogens with zero attached hydrogens (tertiary/aromatic N) is 1. The molecule has 0 rings (SSSR count). The van der Waals surface area contributed by atoms with Gasteiger partial charge in [-0.2, -0.15) is 0 Å². The second-order valence-corrected chi connectivity index (χ2v) is 4.52. The van der Waals surface area contributed by atoms with Gasteiger partial charge < -0.3 is 10.2 Å². The minimum absolute atomic E-state index is 0.164. The zero-order valence-electron chi connectivity index (χ0n) is 10.9. The molecule has 0 aromatic rings. The molecule has 15 heavy (non-hydrogen) atoms. The molecule has 0 aromatic heterocycles. The molecule has 1 amide bonds. The molecule has 0 radical (unpaired) electrons. The lowest BCUT2D eigenvalue weighted by atomic mass is 9.89. The molecule has 0 atom stereocenters. The Balaban J connectivity index is 3.82. The number of hydrogen-bond donors (Lipinski definition) is 1. The molecule has 3 nitrogen and oxygen atoms in total. The van der Waals surface area contributed by atoms with Crippen LogP contribution in [0.1, 0.15) is 41.0 Å². The van der Waals surface area contributed by atoms with E-state index in [1.54, 1.807) is 0 Å². The van der Waals surface area contributed by atoms with Crippen LogP contribution in [0.3, 0.4) is 0 Å². The third-order valence-corrected chi connectivity index (χ3v) is 3.11. The van der Waals surface area contributed by atoms with E-state index in [-0.39, 0.29) is 11.3 Å². The average molecular weight is 214 g/mol. The fraction of sp³-hybridized carbons (Fsp3) is 0.917. The van der Waals surface area contributed by atoms with E-state index in [2.05, 4.69) is 24.1 Å². The zero-order valence-corrected chi connectivity index (χ0v) is 10.9. The normalized spacial score (nSPS) is 11.9. The predicted molar refractivity (Wildman–Crippen MR) is 64.9 cm³/mol. The van der Waals surface area contributed by atoms with Crippen molar-refractivity contribution in [1.82, 2.24) is 10.2 Å². The van der Waals surface area contributed by atoms with Crippen molar-refractivity contribution in [3.63, 3.8) is 0 Å². The molecule has 0 spiro atoms. The van der Waals surface area contributed by atoms with Crippen LogP contribution in [0.4, 0.5) is 0 Å². The summed E-state index contributed by atoms with van der Waals surface area (Å²) in [7, 11) is 0. The Labute approximate surface area is 94.2 Å². The van der Waals surface area contributed by atoms with Crippen LogP contribution in [0.15, 0.2) is 0 Å². The largest absolute Gasteiger partial charge is 0.354 e. The topological polar surface area (TPSA) is 32.3 Å². The SMILES string of the molecule is CCN(CC)CCNC(=O)C(C)(C)CC. The molecule has 0 aromatic carbocycles. The Bertz CT molecular complexity index is 186. The lowest BCUT2D eigenvalue weighted by Gasteiger charge is -2.23. The summed E-state index contributed by atoms with van der Waals surface area (Å²) in [5, 5.41) is 2.99. The minimum atomic E-state index is -0.233. The smallest absolute Gasteiger partial charge is 0.225 e. The van der Waals surface area contributed by atoms with Crippen molar-refractivity contribution in [2.75, 3.05) is 26.2 Å².